The summed E-state index contributed by atoms with van der Waals surface area (Å²) in [4.78, 5) is 0.294. The molecule has 0 bridgehead atoms. The van der Waals surface area contributed by atoms with Gasteiger partial charge in [0, 0.05) is 18.1 Å². The van der Waals surface area contributed by atoms with Crippen molar-refractivity contribution < 1.29 is 8.42 Å². The Labute approximate surface area is 124 Å². The maximum absolute atomic E-state index is 12.6. The van der Waals surface area contributed by atoms with Crippen LogP contribution < -0.4 is 5.73 Å². The van der Waals surface area contributed by atoms with Gasteiger partial charge in [-0.05, 0) is 52.5 Å². The van der Waals surface area contributed by atoms with E-state index in [1.807, 2.05) is 26.8 Å². The number of rotatable bonds is 5. The highest BCUT2D eigenvalue weighted by Gasteiger charge is 2.28. The zero-order valence-electron chi connectivity index (χ0n) is 11.8. The summed E-state index contributed by atoms with van der Waals surface area (Å²) in [6, 6.07) is 5.29. The minimum Gasteiger partial charge on any atom is -0.330 e. The van der Waals surface area contributed by atoms with Crippen LogP contribution in [0.15, 0.2) is 27.6 Å². The topological polar surface area (TPSA) is 63.4 Å². The SMILES string of the molecule is Cc1ccc(Br)c(S(=O)(=O)N(C)CC(C)(C)CN)c1. The predicted octanol–water partition coefficient (Wildman–Crippen LogP) is 2.36. The minimum absolute atomic E-state index is 0.252. The fourth-order valence-electron chi connectivity index (χ4n) is 1.73. The smallest absolute Gasteiger partial charge is 0.243 e. The second-order valence-corrected chi connectivity index (χ2v) is 8.43. The van der Waals surface area contributed by atoms with E-state index in [2.05, 4.69) is 15.9 Å². The first-order chi connectivity index (χ1) is 8.60. The third-order valence-corrected chi connectivity index (χ3v) is 5.78. The molecule has 0 radical (unpaired) electrons. The number of benzene rings is 1. The number of nitrogens with two attached hydrogens (primary N) is 1. The summed E-state index contributed by atoms with van der Waals surface area (Å²) in [7, 11) is -1.92. The van der Waals surface area contributed by atoms with Gasteiger partial charge in [-0.15, -0.1) is 0 Å². The molecule has 0 aliphatic rings. The highest BCUT2D eigenvalue weighted by Crippen LogP contribution is 2.27. The Balaban J connectivity index is 3.14. The molecule has 0 aromatic heterocycles. The molecule has 0 aliphatic carbocycles. The van der Waals surface area contributed by atoms with Crippen molar-refractivity contribution in [2.75, 3.05) is 20.1 Å². The van der Waals surface area contributed by atoms with Crippen molar-refractivity contribution in [3.63, 3.8) is 0 Å². The maximum atomic E-state index is 12.6. The molecule has 0 heterocycles. The zero-order chi connectivity index (χ0) is 14.8. The molecule has 108 valence electrons. The van der Waals surface area contributed by atoms with Gasteiger partial charge in [0.15, 0.2) is 0 Å². The van der Waals surface area contributed by atoms with Crippen LogP contribution in [0, 0.1) is 12.3 Å². The van der Waals surface area contributed by atoms with Crippen LogP contribution in [0.2, 0.25) is 0 Å². The van der Waals surface area contributed by atoms with E-state index >= 15 is 0 Å². The summed E-state index contributed by atoms with van der Waals surface area (Å²) in [5.74, 6) is 0. The van der Waals surface area contributed by atoms with Gasteiger partial charge < -0.3 is 5.73 Å². The molecule has 0 spiro atoms. The monoisotopic (exact) mass is 348 g/mol. The first-order valence-corrected chi connectivity index (χ1v) is 8.26. The molecule has 0 saturated heterocycles. The highest BCUT2D eigenvalue weighted by atomic mass is 79.9. The van der Waals surface area contributed by atoms with Gasteiger partial charge in [0.2, 0.25) is 10.0 Å². The Morgan fingerprint density at radius 2 is 1.95 bits per heavy atom. The number of sulfonamides is 1. The lowest BCUT2D eigenvalue weighted by molar-refractivity contribution is 0.292. The van der Waals surface area contributed by atoms with Crippen molar-refractivity contribution in [1.82, 2.24) is 4.31 Å². The lowest BCUT2D eigenvalue weighted by Gasteiger charge is -2.28. The van der Waals surface area contributed by atoms with Crippen molar-refractivity contribution >= 4 is 26.0 Å². The number of aryl methyl sites for hydroxylation is 1. The van der Waals surface area contributed by atoms with Gasteiger partial charge in [0.25, 0.3) is 0 Å². The van der Waals surface area contributed by atoms with Gasteiger partial charge in [-0.1, -0.05) is 19.9 Å². The van der Waals surface area contributed by atoms with Crippen LogP contribution in [0.4, 0.5) is 0 Å². The second-order valence-electron chi connectivity index (χ2n) is 5.56. The van der Waals surface area contributed by atoms with Crippen molar-refractivity contribution in [3.8, 4) is 0 Å². The molecule has 0 saturated carbocycles. The number of hydrogen-bond acceptors (Lipinski definition) is 3. The molecule has 1 aromatic carbocycles. The van der Waals surface area contributed by atoms with Gasteiger partial charge in [-0.2, -0.15) is 0 Å². The van der Waals surface area contributed by atoms with Crippen LogP contribution in [-0.4, -0.2) is 32.9 Å². The molecule has 0 atom stereocenters. The largest absolute Gasteiger partial charge is 0.330 e. The lowest BCUT2D eigenvalue weighted by atomic mass is 9.94. The average Bonchev–Trinajstić information content (AvgIpc) is 2.31. The molecule has 0 unspecified atom stereocenters. The van der Waals surface area contributed by atoms with Crippen molar-refractivity contribution in [3.05, 3.63) is 28.2 Å². The lowest BCUT2D eigenvalue weighted by Crippen LogP contribution is -2.39. The summed E-state index contributed by atoms with van der Waals surface area (Å²) < 4.78 is 27.0. The predicted molar refractivity (Wildman–Crippen MR) is 81.5 cm³/mol. The van der Waals surface area contributed by atoms with Gasteiger partial charge in [0.1, 0.15) is 0 Å². The zero-order valence-corrected chi connectivity index (χ0v) is 14.2. The fraction of sp³-hybridized carbons (Fsp3) is 0.538. The van der Waals surface area contributed by atoms with Crippen LogP contribution in [0.1, 0.15) is 19.4 Å². The summed E-state index contributed by atoms with van der Waals surface area (Å²) in [6.07, 6.45) is 0. The van der Waals surface area contributed by atoms with Crippen LogP contribution in [-0.2, 0) is 10.0 Å². The minimum atomic E-state index is -3.50. The molecule has 6 heteroatoms. The molecule has 0 aliphatic heterocycles. The first-order valence-electron chi connectivity index (χ1n) is 6.03. The van der Waals surface area contributed by atoms with Gasteiger partial charge >= 0.3 is 0 Å². The standard InChI is InChI=1S/C13H21BrN2O2S/c1-10-5-6-11(14)12(7-10)19(17,18)16(4)9-13(2,3)8-15/h5-7H,8-9,15H2,1-4H3. The quantitative estimate of drug-likeness (QED) is 0.888. The summed E-state index contributed by atoms with van der Waals surface area (Å²) >= 11 is 3.30. The first kappa shape index (κ1) is 16.6. The van der Waals surface area contributed by atoms with Crippen LogP contribution >= 0.6 is 15.9 Å². The average molecular weight is 349 g/mol. The van der Waals surface area contributed by atoms with Crippen LogP contribution in [0.3, 0.4) is 0 Å². The molecular formula is C13H21BrN2O2S. The maximum Gasteiger partial charge on any atom is 0.243 e. The molecule has 0 fully saturated rings. The molecule has 0 amide bonds. The number of hydrogen-bond donors (Lipinski definition) is 1. The van der Waals surface area contributed by atoms with E-state index in [0.717, 1.165) is 5.56 Å². The Morgan fingerprint density at radius 1 is 1.37 bits per heavy atom. The third kappa shape index (κ3) is 4.02. The van der Waals surface area contributed by atoms with E-state index in [4.69, 9.17) is 5.73 Å². The van der Waals surface area contributed by atoms with Crippen molar-refractivity contribution in [2.45, 2.75) is 25.7 Å². The molecule has 1 rings (SSSR count). The summed E-state index contributed by atoms with van der Waals surface area (Å²) in [5, 5.41) is 0. The Kier molecular flexibility index (Phi) is 5.17. The molecule has 4 nitrogen and oxygen atoms in total. The van der Waals surface area contributed by atoms with E-state index in [0.29, 0.717) is 22.5 Å². The number of halogens is 1. The van der Waals surface area contributed by atoms with Crippen molar-refractivity contribution in [1.29, 1.82) is 0 Å². The summed E-state index contributed by atoms with van der Waals surface area (Å²) in [6.45, 7) is 6.58. The van der Waals surface area contributed by atoms with E-state index in [-0.39, 0.29) is 5.41 Å². The summed E-state index contributed by atoms with van der Waals surface area (Å²) in [5.41, 5.74) is 6.32. The van der Waals surface area contributed by atoms with E-state index in [9.17, 15) is 8.42 Å². The highest BCUT2D eigenvalue weighted by molar-refractivity contribution is 9.10. The van der Waals surface area contributed by atoms with E-state index in [1.54, 1.807) is 19.2 Å². The Morgan fingerprint density at radius 3 is 2.47 bits per heavy atom. The van der Waals surface area contributed by atoms with E-state index in [1.165, 1.54) is 4.31 Å². The van der Waals surface area contributed by atoms with Gasteiger partial charge in [0.05, 0.1) is 4.90 Å². The second kappa shape index (κ2) is 5.91. The van der Waals surface area contributed by atoms with Crippen LogP contribution in [0.5, 0.6) is 0 Å². The fourth-order valence-corrected chi connectivity index (χ4v) is 4.09. The number of nitrogens with zero attached hydrogens (tertiary/aromatic N) is 1. The Bertz CT molecular complexity index is 556. The van der Waals surface area contributed by atoms with Crippen LogP contribution in [0.25, 0.3) is 0 Å². The molecule has 2 N–H and O–H groups in total. The van der Waals surface area contributed by atoms with E-state index < -0.39 is 10.0 Å². The van der Waals surface area contributed by atoms with Crippen molar-refractivity contribution in [2.24, 2.45) is 11.1 Å². The van der Waals surface area contributed by atoms with Gasteiger partial charge in [-0.3, -0.25) is 0 Å². The third-order valence-electron chi connectivity index (χ3n) is 2.98. The Hall–Kier alpha value is -0.430. The molecule has 1 aromatic rings. The normalized spacial score (nSPS) is 13.0. The molecular weight excluding hydrogens is 328 g/mol. The van der Waals surface area contributed by atoms with Gasteiger partial charge in [-0.25, -0.2) is 12.7 Å². The molecule has 19 heavy (non-hydrogen) atoms.